The number of nitrogens with one attached hydrogen (secondary N) is 2. The number of nitrogens with zero attached hydrogens (tertiary/aromatic N) is 4. The molecule has 1 saturated carbocycles. The number of amides is 1. The molecule has 6 rings (SSSR count). The molecule has 1 aromatic heterocycles. The molecule has 0 spiro atoms. The number of phenols is 1. The van der Waals surface area contributed by atoms with Crippen molar-refractivity contribution in [1.82, 2.24) is 15.0 Å². The molecule has 13 heteroatoms. The molecule has 1 amide bonds. The minimum Gasteiger partial charge on any atom is -0.506 e. The molecule has 4 aromatic rings. The third kappa shape index (κ3) is 6.63. The zero-order valence-corrected chi connectivity index (χ0v) is 24.1. The SMILES string of the molecule is Cl.N[C@@H]1C[C@H](N)CN(c2nc(Nc3ccc(NC(=O)c4ccc5ccccc5c4O)cc3)nc(C3C[C@@H](O)[C@@H](O)C3)n2)C1. The second-order valence-corrected chi connectivity index (χ2v) is 11.1. The predicted octanol–water partition coefficient (Wildman–Crippen LogP) is 2.61. The number of carbonyl (C=O) groups is 1. The van der Waals surface area contributed by atoms with Crippen molar-refractivity contribution in [3.8, 4) is 5.75 Å². The van der Waals surface area contributed by atoms with E-state index in [2.05, 4.69) is 25.6 Å². The van der Waals surface area contributed by atoms with Crippen molar-refractivity contribution < 1.29 is 20.1 Å². The highest BCUT2D eigenvalue weighted by molar-refractivity contribution is 6.09. The van der Waals surface area contributed by atoms with E-state index < -0.39 is 18.1 Å². The van der Waals surface area contributed by atoms with Gasteiger partial charge in [-0.05, 0) is 55.0 Å². The molecule has 2 heterocycles. The monoisotopic (exact) mass is 606 g/mol. The summed E-state index contributed by atoms with van der Waals surface area (Å²) in [6.07, 6.45) is -0.247. The van der Waals surface area contributed by atoms with Gasteiger partial charge < -0.3 is 42.3 Å². The Balaban J connectivity index is 0.00000368. The van der Waals surface area contributed by atoms with Crippen LogP contribution in [0.5, 0.6) is 5.75 Å². The van der Waals surface area contributed by atoms with Crippen molar-refractivity contribution in [1.29, 1.82) is 0 Å². The summed E-state index contributed by atoms with van der Waals surface area (Å²) in [5.41, 5.74) is 13.8. The van der Waals surface area contributed by atoms with Crippen molar-refractivity contribution >= 4 is 52.4 Å². The van der Waals surface area contributed by atoms with Gasteiger partial charge in [0.25, 0.3) is 5.91 Å². The lowest BCUT2D eigenvalue weighted by molar-refractivity contribution is 0.0438. The summed E-state index contributed by atoms with van der Waals surface area (Å²) >= 11 is 0. The van der Waals surface area contributed by atoms with Crippen LogP contribution in [-0.2, 0) is 0 Å². The van der Waals surface area contributed by atoms with Crippen LogP contribution in [0, 0.1) is 0 Å². The number of hydrogen-bond donors (Lipinski definition) is 7. The van der Waals surface area contributed by atoms with E-state index in [9.17, 15) is 20.1 Å². The topological polar surface area (TPSA) is 196 Å². The van der Waals surface area contributed by atoms with Crippen molar-refractivity contribution in [2.24, 2.45) is 11.5 Å². The quantitative estimate of drug-likeness (QED) is 0.170. The first-order valence-corrected chi connectivity index (χ1v) is 14.0. The van der Waals surface area contributed by atoms with Gasteiger partial charge >= 0.3 is 0 Å². The number of aliphatic hydroxyl groups excluding tert-OH is 2. The predicted molar refractivity (Wildman–Crippen MR) is 167 cm³/mol. The zero-order chi connectivity index (χ0) is 29.4. The minimum absolute atomic E-state index is 0. The highest BCUT2D eigenvalue weighted by atomic mass is 35.5. The van der Waals surface area contributed by atoms with Gasteiger partial charge in [0.15, 0.2) is 0 Å². The smallest absolute Gasteiger partial charge is 0.259 e. The van der Waals surface area contributed by atoms with Crippen LogP contribution in [0.4, 0.5) is 23.3 Å². The van der Waals surface area contributed by atoms with E-state index in [1.165, 1.54) is 0 Å². The van der Waals surface area contributed by atoms with E-state index in [1.54, 1.807) is 42.5 Å². The van der Waals surface area contributed by atoms with Crippen LogP contribution in [0.2, 0.25) is 0 Å². The number of anilines is 4. The lowest BCUT2D eigenvalue weighted by atomic mass is 10.0. The van der Waals surface area contributed by atoms with Gasteiger partial charge in [-0.2, -0.15) is 15.0 Å². The van der Waals surface area contributed by atoms with E-state index in [0.29, 0.717) is 66.8 Å². The van der Waals surface area contributed by atoms with Gasteiger partial charge in [0.05, 0.1) is 17.8 Å². The fourth-order valence-corrected chi connectivity index (χ4v) is 5.71. The fourth-order valence-electron chi connectivity index (χ4n) is 5.71. The standard InChI is InChI=1S/C30H34N8O4.ClH/c31-18-13-19(32)15-38(14-18)30-36-27(17-11-24(39)25(40)12-17)35-29(37-30)34-21-8-6-20(7-9-21)33-28(42)23-10-5-16-3-1-2-4-22(16)26(23)41;/h1-10,17-19,24-25,39-41H,11-15,31-32H2,(H,33,42)(H,34,35,36,37);1H/t17?,18-,19+,24-,25+;. The average molecular weight is 607 g/mol. The van der Waals surface area contributed by atoms with Crippen LogP contribution in [0.15, 0.2) is 60.7 Å². The highest BCUT2D eigenvalue weighted by Gasteiger charge is 2.35. The van der Waals surface area contributed by atoms with Crippen LogP contribution in [0.1, 0.15) is 41.4 Å². The number of nitrogens with two attached hydrogens (primary N) is 2. The number of aliphatic hydroxyl groups is 2. The second-order valence-electron chi connectivity index (χ2n) is 11.1. The van der Waals surface area contributed by atoms with E-state index >= 15 is 0 Å². The Morgan fingerprint density at radius 1 is 0.837 bits per heavy atom. The van der Waals surface area contributed by atoms with Gasteiger partial charge in [0.1, 0.15) is 11.6 Å². The highest BCUT2D eigenvalue weighted by Crippen LogP contribution is 2.34. The Kier molecular flexibility index (Phi) is 8.95. The molecule has 1 aliphatic carbocycles. The maximum Gasteiger partial charge on any atom is 0.259 e. The number of halogens is 1. The molecule has 0 radical (unpaired) electrons. The summed E-state index contributed by atoms with van der Waals surface area (Å²) in [4.78, 5) is 28.8. The summed E-state index contributed by atoms with van der Waals surface area (Å²) < 4.78 is 0. The first kappa shape index (κ1) is 30.4. The summed E-state index contributed by atoms with van der Waals surface area (Å²) in [5, 5.41) is 38.4. The maximum atomic E-state index is 12.9. The summed E-state index contributed by atoms with van der Waals surface area (Å²) in [5.74, 6) is 0.491. The first-order valence-electron chi connectivity index (χ1n) is 14.0. The Bertz CT molecular complexity index is 1590. The van der Waals surface area contributed by atoms with Gasteiger partial charge in [-0.25, -0.2) is 0 Å². The third-order valence-corrected chi connectivity index (χ3v) is 7.84. The molecular formula is C30H35ClN8O4. The van der Waals surface area contributed by atoms with Gasteiger partial charge in [-0.15, -0.1) is 12.4 Å². The molecule has 1 saturated heterocycles. The van der Waals surface area contributed by atoms with Gasteiger partial charge in [0, 0.05) is 47.9 Å². The largest absolute Gasteiger partial charge is 0.506 e. The van der Waals surface area contributed by atoms with Crippen LogP contribution >= 0.6 is 12.4 Å². The number of benzene rings is 3. The third-order valence-electron chi connectivity index (χ3n) is 7.84. The molecule has 1 unspecified atom stereocenters. The molecule has 2 aliphatic rings. The number of aromatic nitrogens is 3. The van der Waals surface area contributed by atoms with Crippen molar-refractivity contribution in [3.05, 3.63) is 72.1 Å². The molecule has 5 atom stereocenters. The Labute approximate surface area is 254 Å². The molecule has 12 nitrogen and oxygen atoms in total. The Morgan fingerprint density at radius 3 is 2.19 bits per heavy atom. The normalized spacial score (nSPS) is 23.5. The van der Waals surface area contributed by atoms with E-state index in [-0.39, 0.29) is 41.7 Å². The zero-order valence-electron chi connectivity index (χ0n) is 23.3. The van der Waals surface area contributed by atoms with Gasteiger partial charge in [-0.1, -0.05) is 30.3 Å². The Hall–Kier alpha value is -4.07. The second kappa shape index (κ2) is 12.7. The fraction of sp³-hybridized carbons (Fsp3) is 0.333. The first-order chi connectivity index (χ1) is 20.2. The molecule has 2 fully saturated rings. The number of piperidine rings is 1. The Morgan fingerprint density at radius 2 is 1.49 bits per heavy atom. The van der Waals surface area contributed by atoms with Crippen molar-refractivity contribution in [3.63, 3.8) is 0 Å². The number of hydrogen-bond acceptors (Lipinski definition) is 11. The van der Waals surface area contributed by atoms with Gasteiger partial charge in [-0.3, -0.25) is 4.79 Å². The average Bonchev–Trinajstić information content (AvgIpc) is 3.31. The number of carbonyl (C=O) groups excluding carboxylic acids is 1. The summed E-state index contributed by atoms with van der Waals surface area (Å²) in [6.45, 7) is 1.10. The molecule has 0 bridgehead atoms. The molecule has 1 aliphatic heterocycles. The lowest BCUT2D eigenvalue weighted by Crippen LogP contribution is -2.53. The lowest BCUT2D eigenvalue weighted by Gasteiger charge is -2.34. The number of fused-ring (bicyclic) bond motifs is 1. The molecule has 3 aromatic carbocycles. The molecular weight excluding hydrogens is 572 g/mol. The maximum absolute atomic E-state index is 12.9. The van der Waals surface area contributed by atoms with E-state index in [0.717, 1.165) is 5.39 Å². The van der Waals surface area contributed by atoms with E-state index in [1.807, 2.05) is 23.1 Å². The molecule has 226 valence electrons. The van der Waals surface area contributed by atoms with Crippen molar-refractivity contribution in [2.75, 3.05) is 28.6 Å². The van der Waals surface area contributed by atoms with Crippen LogP contribution in [-0.4, -0.2) is 73.6 Å². The van der Waals surface area contributed by atoms with Crippen LogP contribution < -0.4 is 27.0 Å². The summed E-state index contributed by atoms with van der Waals surface area (Å²) in [7, 11) is 0. The number of rotatable bonds is 6. The van der Waals surface area contributed by atoms with Crippen LogP contribution in [0.3, 0.4) is 0 Å². The molecule has 43 heavy (non-hydrogen) atoms. The number of aromatic hydroxyl groups is 1. The minimum atomic E-state index is -0.831. The van der Waals surface area contributed by atoms with Gasteiger partial charge in [0.2, 0.25) is 11.9 Å². The van der Waals surface area contributed by atoms with Crippen molar-refractivity contribution in [2.45, 2.75) is 49.5 Å². The van der Waals surface area contributed by atoms with E-state index in [4.69, 9.17) is 11.5 Å². The summed E-state index contributed by atoms with van der Waals surface area (Å²) in [6, 6.07) is 17.5. The molecule has 9 N–H and O–H groups in total. The number of phenolic OH excluding ortho intramolecular Hbond substituents is 1. The van der Waals surface area contributed by atoms with Crippen LogP contribution in [0.25, 0.3) is 10.8 Å².